The van der Waals surface area contributed by atoms with Crippen LogP contribution in [-0.4, -0.2) is 0 Å². The third-order valence-electron chi connectivity index (χ3n) is 2.43. The fourth-order valence-corrected chi connectivity index (χ4v) is 2.14. The maximum absolute atomic E-state index is 3.49. The molecule has 1 N–H and O–H groups in total. The lowest BCUT2D eigenvalue weighted by Gasteiger charge is -2.08. The molecule has 0 aliphatic carbocycles. The van der Waals surface area contributed by atoms with Gasteiger partial charge in [0.2, 0.25) is 0 Å². The number of fused-ring (bicyclic) bond motifs is 1. The van der Waals surface area contributed by atoms with Crippen LogP contribution in [0, 0.1) is 0 Å². The van der Waals surface area contributed by atoms with Crippen LogP contribution in [0.15, 0.2) is 22.7 Å². The van der Waals surface area contributed by atoms with Crippen molar-refractivity contribution in [3.63, 3.8) is 0 Å². The molecule has 1 aromatic carbocycles. The van der Waals surface area contributed by atoms with Crippen molar-refractivity contribution >= 4 is 15.9 Å². The number of hydrogen-bond acceptors (Lipinski definition) is 1. The van der Waals surface area contributed by atoms with Gasteiger partial charge in [0.15, 0.2) is 0 Å². The first-order chi connectivity index (χ1) is 5.81. The summed E-state index contributed by atoms with van der Waals surface area (Å²) >= 11 is 3.49. The summed E-state index contributed by atoms with van der Waals surface area (Å²) in [5, 5.41) is 3.48. The molecule has 0 fully saturated rings. The molecule has 1 aliphatic heterocycles. The van der Waals surface area contributed by atoms with Crippen LogP contribution in [0.25, 0.3) is 0 Å². The molecule has 0 radical (unpaired) electrons. The number of nitrogens with one attached hydrogen (secondary N) is 1. The Morgan fingerprint density at radius 2 is 2.42 bits per heavy atom. The van der Waals surface area contributed by atoms with Crippen molar-refractivity contribution in [2.45, 2.75) is 25.9 Å². The Morgan fingerprint density at radius 3 is 3.17 bits per heavy atom. The van der Waals surface area contributed by atoms with Gasteiger partial charge in [-0.3, -0.25) is 0 Å². The molecule has 12 heavy (non-hydrogen) atoms. The van der Waals surface area contributed by atoms with Gasteiger partial charge in [0, 0.05) is 17.1 Å². The molecule has 0 saturated heterocycles. The van der Waals surface area contributed by atoms with Gasteiger partial charge in [-0.1, -0.05) is 28.9 Å². The minimum absolute atomic E-state index is 0.567. The van der Waals surface area contributed by atoms with Crippen molar-refractivity contribution in [2.24, 2.45) is 0 Å². The summed E-state index contributed by atoms with van der Waals surface area (Å²) in [6, 6.07) is 7.10. The van der Waals surface area contributed by atoms with Gasteiger partial charge in [-0.2, -0.15) is 0 Å². The summed E-state index contributed by atoms with van der Waals surface area (Å²) in [6.45, 7) is 3.24. The first kappa shape index (κ1) is 8.27. The van der Waals surface area contributed by atoms with Gasteiger partial charge < -0.3 is 5.32 Å². The van der Waals surface area contributed by atoms with Crippen molar-refractivity contribution in [1.82, 2.24) is 5.32 Å². The summed E-state index contributed by atoms with van der Waals surface area (Å²) < 4.78 is 1.18. The number of hydrogen-bond donors (Lipinski definition) is 1. The van der Waals surface area contributed by atoms with E-state index in [4.69, 9.17) is 0 Å². The third kappa shape index (κ3) is 1.29. The third-order valence-corrected chi connectivity index (χ3v) is 2.92. The fourth-order valence-electron chi connectivity index (χ4n) is 1.76. The summed E-state index contributed by atoms with van der Waals surface area (Å²) in [5.41, 5.74) is 2.91. The summed E-state index contributed by atoms with van der Waals surface area (Å²) in [6.07, 6.45) is 1.17. The average molecular weight is 226 g/mol. The second-order valence-electron chi connectivity index (χ2n) is 3.18. The van der Waals surface area contributed by atoms with Gasteiger partial charge in [0.05, 0.1) is 0 Å². The van der Waals surface area contributed by atoms with E-state index in [-0.39, 0.29) is 0 Å². The zero-order valence-electron chi connectivity index (χ0n) is 7.10. The summed E-state index contributed by atoms with van der Waals surface area (Å²) in [7, 11) is 0. The van der Waals surface area contributed by atoms with Gasteiger partial charge in [-0.15, -0.1) is 0 Å². The zero-order chi connectivity index (χ0) is 8.55. The molecule has 1 heterocycles. The molecule has 1 nitrogen and oxygen atoms in total. The Bertz CT molecular complexity index is 296. The predicted molar refractivity (Wildman–Crippen MR) is 54.0 cm³/mol. The Labute approximate surface area is 81.3 Å². The largest absolute Gasteiger partial charge is 0.306 e. The molecule has 0 amide bonds. The van der Waals surface area contributed by atoms with E-state index < -0.39 is 0 Å². The minimum atomic E-state index is 0.567. The van der Waals surface area contributed by atoms with E-state index in [2.05, 4.69) is 46.4 Å². The lowest BCUT2D eigenvalue weighted by Crippen LogP contribution is -2.10. The van der Waals surface area contributed by atoms with Crippen LogP contribution in [0.3, 0.4) is 0 Å². The van der Waals surface area contributed by atoms with Gasteiger partial charge in [-0.05, 0) is 29.7 Å². The lowest BCUT2D eigenvalue weighted by atomic mass is 10.0. The molecule has 1 atom stereocenters. The molecule has 0 bridgehead atoms. The second-order valence-corrected chi connectivity index (χ2v) is 4.10. The van der Waals surface area contributed by atoms with E-state index >= 15 is 0 Å². The van der Waals surface area contributed by atoms with Crippen molar-refractivity contribution < 1.29 is 0 Å². The lowest BCUT2D eigenvalue weighted by molar-refractivity contribution is 0.567. The van der Waals surface area contributed by atoms with Crippen LogP contribution in [0.5, 0.6) is 0 Å². The van der Waals surface area contributed by atoms with Crippen molar-refractivity contribution in [2.75, 3.05) is 0 Å². The first-order valence-corrected chi connectivity index (χ1v) is 5.12. The number of halogens is 1. The number of rotatable bonds is 1. The minimum Gasteiger partial charge on any atom is -0.306 e. The molecular formula is C10H12BrN. The standard InChI is InChI=1S/C10H12BrN/c1-2-10-9-5-8(11)4-3-7(9)6-12-10/h3-5,10,12H,2,6H2,1H3. The van der Waals surface area contributed by atoms with Crippen molar-refractivity contribution in [3.8, 4) is 0 Å². The van der Waals surface area contributed by atoms with E-state index in [0.717, 1.165) is 6.54 Å². The molecule has 0 spiro atoms. The van der Waals surface area contributed by atoms with Crippen LogP contribution < -0.4 is 5.32 Å². The van der Waals surface area contributed by atoms with Crippen molar-refractivity contribution in [3.05, 3.63) is 33.8 Å². The van der Waals surface area contributed by atoms with Gasteiger partial charge in [-0.25, -0.2) is 0 Å². The molecule has 64 valence electrons. The van der Waals surface area contributed by atoms with Gasteiger partial charge >= 0.3 is 0 Å². The Hall–Kier alpha value is -0.340. The highest BCUT2D eigenvalue weighted by Gasteiger charge is 2.19. The summed E-state index contributed by atoms with van der Waals surface area (Å²) in [4.78, 5) is 0. The monoisotopic (exact) mass is 225 g/mol. The summed E-state index contributed by atoms with van der Waals surface area (Å²) in [5.74, 6) is 0. The maximum Gasteiger partial charge on any atom is 0.0324 e. The molecule has 1 aliphatic rings. The Morgan fingerprint density at radius 1 is 1.58 bits per heavy atom. The van der Waals surface area contributed by atoms with Crippen LogP contribution in [0.1, 0.15) is 30.5 Å². The van der Waals surface area contributed by atoms with Crippen LogP contribution in [0.2, 0.25) is 0 Å². The molecule has 2 heteroatoms. The van der Waals surface area contributed by atoms with E-state index in [1.165, 1.54) is 22.0 Å². The number of benzene rings is 1. The second kappa shape index (κ2) is 3.19. The topological polar surface area (TPSA) is 12.0 Å². The Kier molecular flexibility index (Phi) is 2.20. The molecule has 0 saturated carbocycles. The van der Waals surface area contributed by atoms with E-state index in [0.29, 0.717) is 6.04 Å². The molecular weight excluding hydrogens is 214 g/mol. The predicted octanol–water partition coefficient (Wildman–Crippen LogP) is 3.00. The highest BCUT2D eigenvalue weighted by atomic mass is 79.9. The van der Waals surface area contributed by atoms with Gasteiger partial charge in [0.1, 0.15) is 0 Å². The smallest absolute Gasteiger partial charge is 0.0324 e. The first-order valence-electron chi connectivity index (χ1n) is 4.33. The van der Waals surface area contributed by atoms with Crippen LogP contribution in [-0.2, 0) is 6.54 Å². The Balaban J connectivity index is 2.42. The highest BCUT2D eigenvalue weighted by molar-refractivity contribution is 9.10. The highest BCUT2D eigenvalue weighted by Crippen LogP contribution is 2.29. The maximum atomic E-state index is 3.49. The zero-order valence-corrected chi connectivity index (χ0v) is 8.69. The van der Waals surface area contributed by atoms with E-state index in [1.807, 2.05) is 0 Å². The quantitative estimate of drug-likeness (QED) is 0.776. The van der Waals surface area contributed by atoms with E-state index in [9.17, 15) is 0 Å². The SMILES string of the molecule is CCC1NCc2ccc(Br)cc21. The van der Waals surface area contributed by atoms with Crippen molar-refractivity contribution in [1.29, 1.82) is 0 Å². The molecule has 1 aromatic rings. The van der Waals surface area contributed by atoms with Crippen LogP contribution in [0.4, 0.5) is 0 Å². The average Bonchev–Trinajstić information content (AvgIpc) is 2.46. The normalized spacial score (nSPS) is 21.0. The van der Waals surface area contributed by atoms with Crippen LogP contribution >= 0.6 is 15.9 Å². The molecule has 0 aromatic heterocycles. The van der Waals surface area contributed by atoms with E-state index in [1.54, 1.807) is 0 Å². The fraction of sp³-hybridized carbons (Fsp3) is 0.400. The molecule has 1 unspecified atom stereocenters. The molecule has 2 rings (SSSR count). The van der Waals surface area contributed by atoms with Gasteiger partial charge in [0.25, 0.3) is 0 Å².